The molecule has 2 heteroatoms. The molecule has 0 bridgehead atoms. The van der Waals surface area contributed by atoms with E-state index in [9.17, 15) is 0 Å². The number of anilines is 5. The molecule has 0 radical (unpaired) electrons. The Hall–Kier alpha value is -7.16. The quantitative estimate of drug-likeness (QED) is 0.145. The molecule has 1 unspecified atom stereocenters. The summed E-state index contributed by atoms with van der Waals surface area (Å²) in [4.78, 5) is 4.86. The van der Waals surface area contributed by atoms with Gasteiger partial charge in [0.2, 0.25) is 0 Å². The third kappa shape index (κ3) is 6.15. The van der Waals surface area contributed by atoms with Crippen molar-refractivity contribution < 1.29 is 0 Å². The Morgan fingerprint density at radius 1 is 0.414 bits per heavy atom. The van der Waals surface area contributed by atoms with Gasteiger partial charge in [0.05, 0.1) is 5.41 Å². The third-order valence-electron chi connectivity index (χ3n) is 11.8. The molecule has 0 aliphatic heterocycles. The van der Waals surface area contributed by atoms with Crippen LogP contribution in [0.3, 0.4) is 0 Å². The van der Waals surface area contributed by atoms with Gasteiger partial charge in [-0.1, -0.05) is 171 Å². The molecule has 0 heterocycles. The number of hydrogen-bond acceptors (Lipinski definition) is 2. The summed E-state index contributed by atoms with van der Waals surface area (Å²) in [5, 5.41) is 0. The number of para-hydroxylation sites is 2. The SMILES string of the molecule is CC1C=CC=C(N(c2ccccc2)c2ccc3c(c2)C(c2ccccc2)(c2ccccc2)c2cc(N(c4ccccc4)c4ccc(-c5ccccc5)cc4)ccc2-3)C1. The fraction of sp³-hybridized carbons (Fsp3) is 0.0714. The summed E-state index contributed by atoms with van der Waals surface area (Å²) in [6.07, 6.45) is 7.77. The first-order chi connectivity index (χ1) is 28.7. The molecule has 0 fully saturated rings. The van der Waals surface area contributed by atoms with Gasteiger partial charge in [0.1, 0.15) is 0 Å². The highest BCUT2D eigenvalue weighted by Crippen LogP contribution is 2.58. The van der Waals surface area contributed by atoms with Crippen LogP contribution < -0.4 is 9.80 Å². The molecule has 2 nitrogen and oxygen atoms in total. The highest BCUT2D eigenvalue weighted by Gasteiger charge is 2.47. The van der Waals surface area contributed by atoms with Crippen molar-refractivity contribution in [2.75, 3.05) is 9.80 Å². The van der Waals surface area contributed by atoms with Gasteiger partial charge >= 0.3 is 0 Å². The lowest BCUT2D eigenvalue weighted by Gasteiger charge is -2.36. The zero-order valence-electron chi connectivity index (χ0n) is 32.6. The van der Waals surface area contributed by atoms with Crippen molar-refractivity contribution in [1.82, 2.24) is 0 Å². The lowest BCUT2D eigenvalue weighted by atomic mass is 9.67. The zero-order valence-corrected chi connectivity index (χ0v) is 32.6. The zero-order chi connectivity index (χ0) is 38.9. The van der Waals surface area contributed by atoms with Gasteiger partial charge in [0.25, 0.3) is 0 Å². The van der Waals surface area contributed by atoms with Crippen molar-refractivity contribution in [3.05, 3.63) is 259 Å². The number of benzene rings is 8. The van der Waals surface area contributed by atoms with E-state index in [2.05, 4.69) is 247 Å². The van der Waals surface area contributed by atoms with Gasteiger partial charge in [0.15, 0.2) is 0 Å². The average molecular weight is 745 g/mol. The van der Waals surface area contributed by atoms with Crippen LogP contribution >= 0.6 is 0 Å². The number of rotatable bonds is 9. The molecule has 8 aromatic rings. The predicted molar refractivity (Wildman–Crippen MR) is 243 cm³/mol. The molecule has 0 saturated carbocycles. The highest BCUT2D eigenvalue weighted by molar-refractivity contribution is 5.91. The van der Waals surface area contributed by atoms with E-state index in [1.54, 1.807) is 0 Å². The van der Waals surface area contributed by atoms with Gasteiger partial charge in [-0.25, -0.2) is 0 Å². The minimum absolute atomic E-state index is 0.457. The Labute approximate surface area is 342 Å². The molecule has 10 rings (SSSR count). The topological polar surface area (TPSA) is 6.48 Å². The van der Waals surface area contributed by atoms with E-state index in [4.69, 9.17) is 0 Å². The summed E-state index contributed by atoms with van der Waals surface area (Å²) < 4.78 is 0. The molecule has 0 aromatic heterocycles. The molecule has 278 valence electrons. The molecule has 0 spiro atoms. The molecule has 1 atom stereocenters. The molecular formula is C56H44N2. The van der Waals surface area contributed by atoms with E-state index in [0.717, 1.165) is 34.9 Å². The Kier molecular flexibility index (Phi) is 9.16. The number of hydrogen-bond donors (Lipinski definition) is 0. The Balaban J connectivity index is 1.20. The molecule has 8 aromatic carbocycles. The monoisotopic (exact) mass is 744 g/mol. The summed E-state index contributed by atoms with van der Waals surface area (Å²) >= 11 is 0. The van der Waals surface area contributed by atoms with Gasteiger partial charge in [-0.3, -0.25) is 0 Å². The van der Waals surface area contributed by atoms with Crippen LogP contribution in [0.1, 0.15) is 35.6 Å². The molecule has 0 amide bonds. The summed E-state index contributed by atoms with van der Waals surface area (Å²) in [6.45, 7) is 2.30. The maximum Gasteiger partial charge on any atom is 0.0715 e. The summed E-state index contributed by atoms with van der Waals surface area (Å²) in [5.74, 6) is 0.457. The van der Waals surface area contributed by atoms with Crippen LogP contribution in [-0.2, 0) is 5.41 Å². The number of allylic oxidation sites excluding steroid dienone is 4. The largest absolute Gasteiger partial charge is 0.314 e. The van der Waals surface area contributed by atoms with E-state index in [0.29, 0.717) is 5.92 Å². The molecule has 2 aliphatic carbocycles. The van der Waals surface area contributed by atoms with E-state index in [1.165, 1.54) is 50.2 Å². The van der Waals surface area contributed by atoms with Crippen LogP contribution in [-0.4, -0.2) is 0 Å². The van der Waals surface area contributed by atoms with E-state index in [1.807, 2.05) is 0 Å². The maximum atomic E-state index is 2.48. The number of nitrogens with zero attached hydrogens (tertiary/aromatic N) is 2. The van der Waals surface area contributed by atoms with Crippen LogP contribution in [0.2, 0.25) is 0 Å². The second-order valence-corrected chi connectivity index (χ2v) is 15.4. The first-order valence-electron chi connectivity index (χ1n) is 20.3. The summed E-state index contributed by atoms with van der Waals surface area (Å²) in [5.41, 5.74) is 16.3. The fourth-order valence-electron chi connectivity index (χ4n) is 9.25. The van der Waals surface area contributed by atoms with Gasteiger partial charge in [-0.05, 0) is 124 Å². The summed E-state index contributed by atoms with van der Waals surface area (Å²) in [7, 11) is 0. The Morgan fingerprint density at radius 2 is 0.828 bits per heavy atom. The van der Waals surface area contributed by atoms with Crippen molar-refractivity contribution in [3.63, 3.8) is 0 Å². The lowest BCUT2D eigenvalue weighted by molar-refractivity contribution is 0.696. The van der Waals surface area contributed by atoms with Crippen LogP contribution in [0.25, 0.3) is 22.3 Å². The normalized spacial score (nSPS) is 14.9. The fourth-order valence-corrected chi connectivity index (χ4v) is 9.25. The molecule has 58 heavy (non-hydrogen) atoms. The Bertz CT molecular complexity index is 2700. The van der Waals surface area contributed by atoms with Gasteiger partial charge in [-0.15, -0.1) is 0 Å². The van der Waals surface area contributed by atoms with Crippen LogP contribution in [0.15, 0.2) is 236 Å². The second kappa shape index (κ2) is 15.1. The Morgan fingerprint density at radius 3 is 1.34 bits per heavy atom. The van der Waals surface area contributed by atoms with Crippen molar-refractivity contribution in [1.29, 1.82) is 0 Å². The first kappa shape index (κ1) is 35.3. The minimum atomic E-state index is -0.588. The molecule has 2 aliphatic rings. The van der Waals surface area contributed by atoms with E-state index < -0.39 is 5.41 Å². The van der Waals surface area contributed by atoms with Crippen molar-refractivity contribution in [2.45, 2.75) is 18.8 Å². The molecular weight excluding hydrogens is 701 g/mol. The second-order valence-electron chi connectivity index (χ2n) is 15.4. The van der Waals surface area contributed by atoms with Crippen molar-refractivity contribution in [2.24, 2.45) is 5.92 Å². The van der Waals surface area contributed by atoms with Crippen LogP contribution in [0.4, 0.5) is 28.4 Å². The van der Waals surface area contributed by atoms with E-state index >= 15 is 0 Å². The maximum absolute atomic E-state index is 2.48. The summed E-state index contributed by atoms with van der Waals surface area (Å²) in [6, 6.07) is 77.7. The number of fused-ring (bicyclic) bond motifs is 3. The van der Waals surface area contributed by atoms with Crippen LogP contribution in [0, 0.1) is 5.92 Å². The first-order valence-corrected chi connectivity index (χ1v) is 20.3. The molecule has 0 saturated heterocycles. The van der Waals surface area contributed by atoms with Crippen molar-refractivity contribution >= 4 is 28.4 Å². The lowest BCUT2D eigenvalue weighted by Crippen LogP contribution is -2.29. The van der Waals surface area contributed by atoms with Crippen LogP contribution in [0.5, 0.6) is 0 Å². The van der Waals surface area contributed by atoms with Crippen molar-refractivity contribution in [3.8, 4) is 22.3 Å². The average Bonchev–Trinajstić information content (AvgIpc) is 3.58. The van der Waals surface area contributed by atoms with E-state index in [-0.39, 0.29) is 0 Å². The standard InChI is InChI=1S/C56H44N2/c1-41-18-17-29-49(38-41)58(47-27-15-6-16-28-47)51-35-37-53-52-36-34-50(39-54(52)56(55(53)40-51,44-21-9-3-10-22-44)45-23-11-4-12-24-45)57(46-25-13-5-14-26-46)48-32-30-43(31-33-48)42-19-7-2-8-20-42/h2-37,39-41H,38H2,1H3. The van der Waals surface area contributed by atoms with Gasteiger partial charge < -0.3 is 9.80 Å². The third-order valence-corrected chi connectivity index (χ3v) is 11.8. The minimum Gasteiger partial charge on any atom is -0.314 e. The molecule has 0 N–H and O–H groups in total. The smallest absolute Gasteiger partial charge is 0.0715 e. The highest BCUT2D eigenvalue weighted by atomic mass is 15.2. The predicted octanol–water partition coefficient (Wildman–Crippen LogP) is 14.8. The van der Waals surface area contributed by atoms with Gasteiger partial charge in [-0.2, -0.15) is 0 Å². The van der Waals surface area contributed by atoms with Gasteiger partial charge in [0, 0.05) is 34.1 Å².